The molecule has 1 fully saturated rings. The van der Waals surface area contributed by atoms with E-state index < -0.39 is 0 Å². The van der Waals surface area contributed by atoms with Crippen LogP contribution in [0.15, 0.2) is 12.1 Å². The molecule has 1 aliphatic carbocycles. The first-order chi connectivity index (χ1) is 9.02. The maximum Gasteiger partial charge on any atom is 0.0615 e. The molecule has 0 unspecified atom stereocenters. The van der Waals surface area contributed by atoms with Gasteiger partial charge in [0.1, 0.15) is 0 Å². The first-order valence-corrected chi connectivity index (χ1v) is 7.75. The van der Waals surface area contributed by atoms with Crippen molar-refractivity contribution in [3.8, 4) is 0 Å². The van der Waals surface area contributed by atoms with Gasteiger partial charge in [-0.05, 0) is 43.7 Å². The van der Waals surface area contributed by atoms with Gasteiger partial charge in [-0.1, -0.05) is 36.5 Å². The van der Waals surface area contributed by atoms with Crippen molar-refractivity contribution in [2.24, 2.45) is 5.92 Å². The van der Waals surface area contributed by atoms with E-state index in [1.165, 1.54) is 32.1 Å². The molecule has 0 bridgehead atoms. The summed E-state index contributed by atoms with van der Waals surface area (Å²) < 4.78 is 0. The van der Waals surface area contributed by atoms with Crippen molar-refractivity contribution in [1.29, 1.82) is 0 Å². The van der Waals surface area contributed by atoms with Crippen LogP contribution in [0.2, 0.25) is 10.0 Å². The summed E-state index contributed by atoms with van der Waals surface area (Å²) >= 11 is 12.1. The zero-order valence-electron chi connectivity index (χ0n) is 11.6. The number of benzene rings is 1. The number of nitrogen functional groups attached to an aromatic ring is 1. The molecule has 2 rings (SSSR count). The summed E-state index contributed by atoms with van der Waals surface area (Å²) in [6.07, 6.45) is 6.38. The minimum absolute atomic E-state index is 0.519. The Kier molecular flexibility index (Phi) is 4.86. The predicted octanol–water partition coefficient (Wildman–Crippen LogP) is 4.98. The molecule has 0 atom stereocenters. The molecule has 0 saturated heterocycles. The standard InChI is InChI=1S/C15H22Cl2N2/c1-3-10-4-6-11(7-5-10)19(2)15-9-13(17)12(16)8-14(15)18/h8-11H,3-7,18H2,1-2H3. The van der Waals surface area contributed by atoms with Crippen molar-refractivity contribution in [3.63, 3.8) is 0 Å². The maximum absolute atomic E-state index is 6.10. The smallest absolute Gasteiger partial charge is 0.0615 e. The van der Waals surface area contributed by atoms with E-state index in [1.54, 1.807) is 6.07 Å². The number of nitrogens with zero attached hydrogens (tertiary/aromatic N) is 1. The summed E-state index contributed by atoms with van der Waals surface area (Å²) in [5, 5.41) is 1.09. The number of halogens is 2. The van der Waals surface area contributed by atoms with E-state index in [4.69, 9.17) is 28.9 Å². The number of rotatable bonds is 3. The van der Waals surface area contributed by atoms with Crippen LogP contribution in [0.1, 0.15) is 39.0 Å². The normalized spacial score (nSPS) is 23.4. The van der Waals surface area contributed by atoms with E-state index in [2.05, 4.69) is 18.9 Å². The molecule has 0 radical (unpaired) electrons. The van der Waals surface area contributed by atoms with Crippen molar-refractivity contribution in [2.45, 2.75) is 45.1 Å². The Morgan fingerprint density at radius 1 is 1.16 bits per heavy atom. The molecule has 0 aromatic heterocycles. The minimum Gasteiger partial charge on any atom is -0.397 e. The van der Waals surface area contributed by atoms with Crippen molar-refractivity contribution >= 4 is 34.6 Å². The lowest BCUT2D eigenvalue weighted by Gasteiger charge is -2.36. The van der Waals surface area contributed by atoms with Gasteiger partial charge in [-0.3, -0.25) is 0 Å². The van der Waals surface area contributed by atoms with Crippen LogP contribution in [-0.4, -0.2) is 13.1 Å². The molecular weight excluding hydrogens is 279 g/mol. The van der Waals surface area contributed by atoms with Gasteiger partial charge in [0.25, 0.3) is 0 Å². The van der Waals surface area contributed by atoms with Gasteiger partial charge in [0.05, 0.1) is 21.4 Å². The molecule has 2 nitrogen and oxygen atoms in total. The Labute approximate surface area is 125 Å². The molecule has 1 aromatic carbocycles. The molecule has 1 saturated carbocycles. The van der Waals surface area contributed by atoms with E-state index in [0.29, 0.717) is 21.8 Å². The second-order valence-electron chi connectivity index (χ2n) is 5.52. The Hall–Kier alpha value is -0.600. The average Bonchev–Trinajstić information content (AvgIpc) is 2.42. The fourth-order valence-electron chi connectivity index (χ4n) is 2.99. The van der Waals surface area contributed by atoms with E-state index >= 15 is 0 Å². The summed E-state index contributed by atoms with van der Waals surface area (Å²) in [7, 11) is 2.10. The monoisotopic (exact) mass is 300 g/mol. The van der Waals surface area contributed by atoms with Crippen molar-refractivity contribution in [3.05, 3.63) is 22.2 Å². The predicted molar refractivity (Wildman–Crippen MR) is 85.3 cm³/mol. The molecule has 4 heteroatoms. The van der Waals surface area contributed by atoms with Crippen molar-refractivity contribution in [2.75, 3.05) is 17.7 Å². The zero-order valence-corrected chi connectivity index (χ0v) is 13.1. The molecule has 0 amide bonds. The van der Waals surface area contributed by atoms with Crippen molar-refractivity contribution in [1.82, 2.24) is 0 Å². The van der Waals surface area contributed by atoms with Gasteiger partial charge < -0.3 is 10.6 Å². The lowest BCUT2D eigenvalue weighted by atomic mass is 9.84. The fourth-order valence-corrected chi connectivity index (χ4v) is 3.32. The molecule has 0 aliphatic heterocycles. The number of nitrogens with two attached hydrogens (primary N) is 1. The molecule has 1 aliphatic rings. The summed E-state index contributed by atoms with van der Waals surface area (Å²) in [6, 6.07) is 4.18. The number of hydrogen-bond acceptors (Lipinski definition) is 2. The summed E-state index contributed by atoms with van der Waals surface area (Å²) in [5.74, 6) is 0.899. The molecular formula is C15H22Cl2N2. The second kappa shape index (κ2) is 6.23. The highest BCUT2D eigenvalue weighted by atomic mass is 35.5. The van der Waals surface area contributed by atoms with Gasteiger partial charge in [-0.15, -0.1) is 0 Å². The van der Waals surface area contributed by atoms with E-state index in [-0.39, 0.29) is 0 Å². The minimum atomic E-state index is 0.519. The highest BCUT2D eigenvalue weighted by Gasteiger charge is 2.24. The van der Waals surface area contributed by atoms with Crippen LogP contribution in [0.25, 0.3) is 0 Å². The quantitative estimate of drug-likeness (QED) is 0.798. The van der Waals surface area contributed by atoms with Crippen LogP contribution in [0, 0.1) is 5.92 Å². The van der Waals surface area contributed by atoms with Gasteiger partial charge in [0.15, 0.2) is 0 Å². The third kappa shape index (κ3) is 3.29. The lowest BCUT2D eigenvalue weighted by molar-refractivity contribution is 0.313. The molecule has 1 aromatic rings. The largest absolute Gasteiger partial charge is 0.397 e. The molecule has 106 valence electrons. The number of hydrogen-bond donors (Lipinski definition) is 1. The third-order valence-corrected chi connectivity index (χ3v) is 5.11. The SMILES string of the molecule is CCC1CCC(N(C)c2cc(Cl)c(Cl)cc2N)CC1. The van der Waals surface area contributed by atoms with Gasteiger partial charge in [0, 0.05) is 13.1 Å². The highest BCUT2D eigenvalue weighted by molar-refractivity contribution is 6.42. The van der Waals surface area contributed by atoms with Gasteiger partial charge in [0.2, 0.25) is 0 Å². The third-order valence-electron chi connectivity index (χ3n) is 4.39. The Balaban J connectivity index is 2.12. The van der Waals surface area contributed by atoms with Crippen LogP contribution in [0.5, 0.6) is 0 Å². The topological polar surface area (TPSA) is 29.3 Å². The van der Waals surface area contributed by atoms with Crippen LogP contribution in [-0.2, 0) is 0 Å². The van der Waals surface area contributed by atoms with Gasteiger partial charge >= 0.3 is 0 Å². The molecule has 2 N–H and O–H groups in total. The lowest BCUT2D eigenvalue weighted by Crippen LogP contribution is -2.35. The van der Waals surface area contributed by atoms with Crippen LogP contribution < -0.4 is 10.6 Å². The molecule has 0 heterocycles. The van der Waals surface area contributed by atoms with Crippen LogP contribution in [0.4, 0.5) is 11.4 Å². The van der Waals surface area contributed by atoms with E-state index in [1.807, 2.05) is 6.07 Å². The molecule has 0 spiro atoms. The average molecular weight is 301 g/mol. The summed E-state index contributed by atoms with van der Waals surface area (Å²) in [5.41, 5.74) is 7.76. The number of anilines is 2. The van der Waals surface area contributed by atoms with Gasteiger partial charge in [-0.2, -0.15) is 0 Å². The summed E-state index contributed by atoms with van der Waals surface area (Å²) in [4.78, 5) is 2.27. The van der Waals surface area contributed by atoms with Crippen LogP contribution >= 0.6 is 23.2 Å². The van der Waals surface area contributed by atoms with Gasteiger partial charge in [-0.25, -0.2) is 0 Å². The first-order valence-electron chi connectivity index (χ1n) is 7.00. The Morgan fingerprint density at radius 2 is 1.74 bits per heavy atom. The Morgan fingerprint density at radius 3 is 2.32 bits per heavy atom. The van der Waals surface area contributed by atoms with E-state index in [0.717, 1.165) is 11.6 Å². The molecule has 19 heavy (non-hydrogen) atoms. The Bertz CT molecular complexity index is 440. The van der Waals surface area contributed by atoms with E-state index in [9.17, 15) is 0 Å². The summed E-state index contributed by atoms with van der Waals surface area (Å²) in [6.45, 7) is 2.28. The van der Waals surface area contributed by atoms with Crippen LogP contribution in [0.3, 0.4) is 0 Å². The zero-order chi connectivity index (χ0) is 14.0. The second-order valence-corrected chi connectivity index (χ2v) is 6.33. The maximum atomic E-state index is 6.10. The fraction of sp³-hybridized carbons (Fsp3) is 0.600. The van der Waals surface area contributed by atoms with Crippen molar-refractivity contribution < 1.29 is 0 Å². The highest BCUT2D eigenvalue weighted by Crippen LogP contribution is 2.36. The first kappa shape index (κ1) is 14.8.